The fraction of sp³-hybridized carbons (Fsp3) is 0.353. The van der Waals surface area contributed by atoms with Crippen molar-refractivity contribution in [2.45, 2.75) is 32.9 Å². The molecule has 112 valence electrons. The largest absolute Gasteiger partial charge is 0.481 e. The molecule has 0 spiro atoms. The van der Waals surface area contributed by atoms with E-state index < -0.39 is 5.97 Å². The topological polar surface area (TPSA) is 49.3 Å². The number of carboxylic acid groups (broad SMARTS) is 1. The van der Waals surface area contributed by atoms with Crippen LogP contribution in [0.3, 0.4) is 0 Å². The van der Waals surface area contributed by atoms with Crippen LogP contribution in [0.15, 0.2) is 42.5 Å². The first-order valence-corrected chi connectivity index (χ1v) is 7.95. The maximum Gasteiger partial charge on any atom is 0.308 e. The minimum Gasteiger partial charge on any atom is -0.481 e. The molecule has 2 rings (SSSR count). The molecule has 0 saturated carbocycles. The Morgan fingerprint density at radius 1 is 1.14 bits per heavy atom. The Hall–Kier alpha value is -1.65. The number of hydrogen-bond donors (Lipinski definition) is 2. The van der Waals surface area contributed by atoms with Crippen LogP contribution in [0.25, 0.3) is 0 Å². The molecule has 0 bridgehead atoms. The number of nitrogens with one attached hydrogen (secondary N) is 1. The monoisotopic (exact) mass is 303 g/mol. The molecule has 2 N–H and O–H groups in total. The number of carbonyl (C=O) groups is 1. The molecule has 21 heavy (non-hydrogen) atoms. The average molecular weight is 303 g/mol. The van der Waals surface area contributed by atoms with Gasteiger partial charge in [0.15, 0.2) is 0 Å². The number of benzene rings is 1. The summed E-state index contributed by atoms with van der Waals surface area (Å²) in [6.07, 6.45) is 0.108. The van der Waals surface area contributed by atoms with Crippen LogP contribution in [-0.2, 0) is 17.8 Å². The summed E-state index contributed by atoms with van der Waals surface area (Å²) < 4.78 is 0. The van der Waals surface area contributed by atoms with Gasteiger partial charge in [0.1, 0.15) is 0 Å². The molecule has 1 aromatic heterocycles. The summed E-state index contributed by atoms with van der Waals surface area (Å²) in [5, 5.41) is 12.4. The molecular weight excluding hydrogens is 282 g/mol. The second-order valence-corrected chi connectivity index (χ2v) is 6.70. The van der Waals surface area contributed by atoms with Gasteiger partial charge in [0.25, 0.3) is 0 Å². The Morgan fingerprint density at radius 3 is 2.43 bits per heavy atom. The van der Waals surface area contributed by atoms with E-state index in [2.05, 4.69) is 43.4 Å². The highest BCUT2D eigenvalue weighted by molar-refractivity contribution is 7.12. The minimum atomic E-state index is -0.777. The van der Waals surface area contributed by atoms with E-state index in [1.807, 2.05) is 18.2 Å². The fourth-order valence-corrected chi connectivity index (χ4v) is 3.33. The van der Waals surface area contributed by atoms with E-state index in [0.29, 0.717) is 12.0 Å². The Morgan fingerprint density at radius 2 is 1.81 bits per heavy atom. The third-order valence-corrected chi connectivity index (χ3v) is 4.45. The number of rotatable bonds is 7. The van der Waals surface area contributed by atoms with Crippen molar-refractivity contribution in [2.75, 3.05) is 0 Å². The predicted octanol–water partition coefficient (Wildman–Crippen LogP) is 3.86. The lowest BCUT2D eigenvalue weighted by molar-refractivity contribution is -0.136. The molecule has 0 aliphatic heterocycles. The quantitative estimate of drug-likeness (QED) is 0.816. The summed E-state index contributed by atoms with van der Waals surface area (Å²) in [5.74, 6) is -0.286. The Kier molecular flexibility index (Phi) is 5.53. The van der Waals surface area contributed by atoms with E-state index in [1.165, 1.54) is 10.4 Å². The Balaban J connectivity index is 1.99. The van der Waals surface area contributed by atoms with Gasteiger partial charge in [0.05, 0.1) is 6.42 Å². The summed E-state index contributed by atoms with van der Waals surface area (Å²) in [6.45, 7) is 5.17. The highest BCUT2D eigenvalue weighted by Crippen LogP contribution is 2.23. The van der Waals surface area contributed by atoms with E-state index in [9.17, 15) is 4.79 Å². The van der Waals surface area contributed by atoms with Crippen LogP contribution in [0.4, 0.5) is 0 Å². The number of thiophene rings is 1. The molecule has 1 atom stereocenters. The lowest BCUT2D eigenvalue weighted by atomic mass is 9.96. The maximum atomic E-state index is 10.7. The van der Waals surface area contributed by atoms with E-state index in [1.54, 1.807) is 11.3 Å². The molecule has 0 saturated heterocycles. The van der Waals surface area contributed by atoms with Crippen molar-refractivity contribution >= 4 is 17.3 Å². The summed E-state index contributed by atoms with van der Waals surface area (Å²) in [4.78, 5) is 12.8. The zero-order valence-electron chi connectivity index (χ0n) is 12.4. The van der Waals surface area contributed by atoms with Crippen molar-refractivity contribution in [3.63, 3.8) is 0 Å². The van der Waals surface area contributed by atoms with Gasteiger partial charge in [-0.3, -0.25) is 4.79 Å². The standard InChI is InChI=1S/C17H21NO2S/c1-12(2)17(13-6-4-3-5-7-13)18-11-15-9-8-14(21-15)10-16(19)20/h3-9,12,17-18H,10-11H2,1-2H3,(H,19,20). The van der Waals surface area contributed by atoms with Crippen molar-refractivity contribution in [1.29, 1.82) is 0 Å². The Labute approximate surface area is 129 Å². The van der Waals surface area contributed by atoms with Crippen molar-refractivity contribution in [2.24, 2.45) is 5.92 Å². The van der Waals surface area contributed by atoms with Crippen molar-refractivity contribution < 1.29 is 9.90 Å². The van der Waals surface area contributed by atoms with Crippen LogP contribution in [-0.4, -0.2) is 11.1 Å². The lowest BCUT2D eigenvalue weighted by Gasteiger charge is -2.22. The van der Waals surface area contributed by atoms with Gasteiger partial charge < -0.3 is 10.4 Å². The van der Waals surface area contributed by atoms with Crippen LogP contribution in [0.2, 0.25) is 0 Å². The van der Waals surface area contributed by atoms with Gasteiger partial charge in [-0.1, -0.05) is 44.2 Å². The summed E-state index contributed by atoms with van der Waals surface area (Å²) >= 11 is 1.57. The second kappa shape index (κ2) is 7.38. The first kappa shape index (κ1) is 15.7. The Bertz CT molecular complexity index is 577. The first-order valence-electron chi connectivity index (χ1n) is 7.14. The normalized spacial score (nSPS) is 12.5. The van der Waals surface area contributed by atoms with Gasteiger partial charge in [0.2, 0.25) is 0 Å². The molecule has 1 unspecified atom stereocenters. The van der Waals surface area contributed by atoms with Gasteiger partial charge in [-0.2, -0.15) is 0 Å². The minimum absolute atomic E-state index is 0.108. The van der Waals surface area contributed by atoms with Gasteiger partial charge in [-0.05, 0) is 23.6 Å². The van der Waals surface area contributed by atoms with E-state index in [0.717, 1.165) is 11.4 Å². The maximum absolute atomic E-state index is 10.7. The molecule has 1 aromatic carbocycles. The number of aliphatic carboxylic acids is 1. The molecule has 0 radical (unpaired) electrons. The molecule has 3 nitrogen and oxygen atoms in total. The predicted molar refractivity (Wildman–Crippen MR) is 86.5 cm³/mol. The van der Waals surface area contributed by atoms with E-state index in [4.69, 9.17) is 5.11 Å². The van der Waals surface area contributed by atoms with Crippen molar-refractivity contribution in [1.82, 2.24) is 5.32 Å². The van der Waals surface area contributed by atoms with Crippen molar-refractivity contribution in [3.8, 4) is 0 Å². The SMILES string of the molecule is CC(C)C(NCc1ccc(CC(=O)O)s1)c1ccccc1. The van der Waals surface area contributed by atoms with Crippen LogP contribution in [0.1, 0.15) is 35.2 Å². The molecule has 0 aliphatic carbocycles. The van der Waals surface area contributed by atoms with Gasteiger partial charge in [-0.25, -0.2) is 0 Å². The van der Waals surface area contributed by atoms with Gasteiger partial charge >= 0.3 is 5.97 Å². The van der Waals surface area contributed by atoms with E-state index in [-0.39, 0.29) is 6.42 Å². The molecule has 0 fully saturated rings. The third-order valence-electron chi connectivity index (χ3n) is 3.36. The smallest absolute Gasteiger partial charge is 0.308 e. The summed E-state index contributed by atoms with van der Waals surface area (Å²) in [7, 11) is 0. The average Bonchev–Trinajstić information content (AvgIpc) is 2.86. The molecule has 4 heteroatoms. The van der Waals surface area contributed by atoms with E-state index >= 15 is 0 Å². The summed E-state index contributed by atoms with van der Waals surface area (Å²) in [6, 6.07) is 14.6. The van der Waals surface area contributed by atoms with Crippen LogP contribution < -0.4 is 5.32 Å². The second-order valence-electron chi connectivity index (χ2n) is 5.45. The van der Waals surface area contributed by atoms with Gasteiger partial charge in [0, 0.05) is 22.3 Å². The highest BCUT2D eigenvalue weighted by atomic mass is 32.1. The number of carboxylic acids is 1. The fourth-order valence-electron chi connectivity index (χ4n) is 2.37. The summed E-state index contributed by atoms with van der Waals surface area (Å²) in [5.41, 5.74) is 1.29. The van der Waals surface area contributed by atoms with Crippen LogP contribution >= 0.6 is 11.3 Å². The van der Waals surface area contributed by atoms with Gasteiger partial charge in [-0.15, -0.1) is 11.3 Å². The van der Waals surface area contributed by atoms with Crippen LogP contribution in [0.5, 0.6) is 0 Å². The molecule has 2 aromatic rings. The van der Waals surface area contributed by atoms with Crippen molar-refractivity contribution in [3.05, 3.63) is 57.8 Å². The molecule has 0 aliphatic rings. The first-order chi connectivity index (χ1) is 10.1. The third kappa shape index (κ3) is 4.69. The number of hydrogen-bond acceptors (Lipinski definition) is 3. The molecule has 1 heterocycles. The zero-order valence-corrected chi connectivity index (χ0v) is 13.2. The highest BCUT2D eigenvalue weighted by Gasteiger charge is 2.15. The lowest BCUT2D eigenvalue weighted by Crippen LogP contribution is -2.24. The zero-order chi connectivity index (χ0) is 15.2. The molecular formula is C17H21NO2S. The van der Waals surface area contributed by atoms with Crippen LogP contribution in [0, 0.1) is 5.92 Å². The molecule has 0 amide bonds.